The summed E-state index contributed by atoms with van der Waals surface area (Å²) in [6.45, 7) is 3.53. The molecule has 0 atom stereocenters. The third-order valence-corrected chi connectivity index (χ3v) is 6.00. The zero-order valence-corrected chi connectivity index (χ0v) is 16.8. The molecule has 0 aliphatic carbocycles. The van der Waals surface area contributed by atoms with Crippen LogP contribution in [-0.4, -0.2) is 14.3 Å². The molecule has 144 valence electrons. The van der Waals surface area contributed by atoms with Gasteiger partial charge in [0.1, 0.15) is 11.5 Å². The summed E-state index contributed by atoms with van der Waals surface area (Å²) in [5, 5.41) is 0.304. The number of carbonyl (C=O) groups excluding carboxylic acids is 1. The fourth-order valence-electron chi connectivity index (χ4n) is 2.59. The molecule has 7 heteroatoms. The largest absolute Gasteiger partial charge is 0.457 e. The molecule has 1 amide bonds. The van der Waals surface area contributed by atoms with Crippen molar-refractivity contribution in [2.75, 3.05) is 0 Å². The van der Waals surface area contributed by atoms with E-state index in [-0.39, 0.29) is 16.2 Å². The quantitative estimate of drug-likeness (QED) is 0.645. The Balaban J connectivity index is 1.89. The van der Waals surface area contributed by atoms with Crippen LogP contribution in [0.5, 0.6) is 11.5 Å². The van der Waals surface area contributed by atoms with Crippen LogP contribution in [0.2, 0.25) is 5.02 Å². The molecule has 0 radical (unpaired) electrons. The number of sulfonamides is 1. The van der Waals surface area contributed by atoms with E-state index in [1.807, 2.05) is 19.1 Å². The molecule has 0 saturated heterocycles. The van der Waals surface area contributed by atoms with Crippen molar-refractivity contribution in [1.82, 2.24) is 4.72 Å². The van der Waals surface area contributed by atoms with E-state index in [1.165, 1.54) is 18.2 Å². The van der Waals surface area contributed by atoms with Gasteiger partial charge >= 0.3 is 0 Å². The number of carbonyl (C=O) groups is 1. The predicted octanol–water partition coefficient (Wildman–Crippen LogP) is 4.87. The maximum absolute atomic E-state index is 12.7. The van der Waals surface area contributed by atoms with E-state index in [2.05, 4.69) is 4.72 Å². The second kappa shape index (κ2) is 8.04. The van der Waals surface area contributed by atoms with Gasteiger partial charge in [0, 0.05) is 5.02 Å². The Morgan fingerprint density at radius 2 is 1.61 bits per heavy atom. The number of rotatable bonds is 5. The Labute approximate surface area is 169 Å². The molecule has 1 N–H and O–H groups in total. The Kier molecular flexibility index (Phi) is 5.72. The average molecular weight is 416 g/mol. The normalized spacial score (nSPS) is 11.1. The van der Waals surface area contributed by atoms with Crippen molar-refractivity contribution in [3.05, 3.63) is 88.4 Å². The van der Waals surface area contributed by atoms with Gasteiger partial charge in [-0.1, -0.05) is 47.5 Å². The maximum atomic E-state index is 12.7. The molecule has 28 heavy (non-hydrogen) atoms. The molecule has 0 bridgehead atoms. The van der Waals surface area contributed by atoms with Gasteiger partial charge in [0.05, 0.1) is 10.5 Å². The Hall–Kier alpha value is -2.83. The molecule has 0 unspecified atom stereocenters. The predicted molar refractivity (Wildman–Crippen MR) is 109 cm³/mol. The van der Waals surface area contributed by atoms with Crippen LogP contribution in [0.15, 0.2) is 71.6 Å². The van der Waals surface area contributed by atoms with Gasteiger partial charge in [0.2, 0.25) is 0 Å². The standard InChI is InChI=1S/C21H18ClNO4S/c1-14-10-12-16(13-11-14)27-19-8-4-3-6-17(19)21(24)23-28(25,26)20-9-5-7-18(22)15(20)2/h3-13H,1-2H3,(H,23,24). The molecule has 3 rings (SSSR count). The fraction of sp³-hybridized carbons (Fsp3) is 0.0952. The summed E-state index contributed by atoms with van der Waals surface area (Å²) >= 11 is 6.00. The minimum atomic E-state index is -4.10. The first-order valence-electron chi connectivity index (χ1n) is 8.44. The molecule has 0 saturated carbocycles. The molecule has 0 heterocycles. The van der Waals surface area contributed by atoms with Crippen LogP contribution in [-0.2, 0) is 10.0 Å². The van der Waals surface area contributed by atoms with Gasteiger partial charge in [0.15, 0.2) is 0 Å². The first-order chi connectivity index (χ1) is 13.3. The van der Waals surface area contributed by atoms with Crippen LogP contribution in [0.1, 0.15) is 21.5 Å². The van der Waals surface area contributed by atoms with Gasteiger partial charge in [0.25, 0.3) is 15.9 Å². The lowest BCUT2D eigenvalue weighted by Gasteiger charge is -2.13. The van der Waals surface area contributed by atoms with Gasteiger partial charge < -0.3 is 4.74 Å². The average Bonchev–Trinajstić information content (AvgIpc) is 2.65. The van der Waals surface area contributed by atoms with Crippen LogP contribution >= 0.6 is 11.6 Å². The van der Waals surface area contributed by atoms with Crippen molar-refractivity contribution in [3.63, 3.8) is 0 Å². The summed E-state index contributed by atoms with van der Waals surface area (Å²) in [7, 11) is -4.10. The number of halogens is 1. The second-order valence-electron chi connectivity index (χ2n) is 6.21. The number of ether oxygens (including phenoxy) is 1. The zero-order valence-electron chi connectivity index (χ0n) is 15.3. The fourth-order valence-corrected chi connectivity index (χ4v) is 4.05. The Morgan fingerprint density at radius 3 is 2.32 bits per heavy atom. The van der Waals surface area contributed by atoms with Gasteiger partial charge in [-0.15, -0.1) is 0 Å². The van der Waals surface area contributed by atoms with E-state index in [4.69, 9.17) is 16.3 Å². The number of para-hydroxylation sites is 1. The van der Waals surface area contributed by atoms with Crippen molar-refractivity contribution in [1.29, 1.82) is 0 Å². The summed E-state index contributed by atoms with van der Waals surface area (Å²) in [6.07, 6.45) is 0. The minimum absolute atomic E-state index is 0.0507. The van der Waals surface area contributed by atoms with E-state index >= 15 is 0 Å². The topological polar surface area (TPSA) is 72.5 Å². The van der Waals surface area contributed by atoms with Gasteiger partial charge in [-0.05, 0) is 55.8 Å². The van der Waals surface area contributed by atoms with Gasteiger partial charge in [-0.25, -0.2) is 13.1 Å². The van der Waals surface area contributed by atoms with Crippen molar-refractivity contribution in [2.24, 2.45) is 0 Å². The minimum Gasteiger partial charge on any atom is -0.457 e. The van der Waals surface area contributed by atoms with Crippen LogP contribution in [0.4, 0.5) is 0 Å². The van der Waals surface area contributed by atoms with Crippen LogP contribution < -0.4 is 9.46 Å². The molecule has 0 aliphatic heterocycles. The van der Waals surface area contributed by atoms with Crippen LogP contribution in [0.25, 0.3) is 0 Å². The van der Waals surface area contributed by atoms with Crippen molar-refractivity contribution in [2.45, 2.75) is 18.7 Å². The maximum Gasteiger partial charge on any atom is 0.268 e. The molecule has 3 aromatic carbocycles. The smallest absolute Gasteiger partial charge is 0.268 e. The zero-order chi connectivity index (χ0) is 20.3. The number of hydrogen-bond donors (Lipinski definition) is 1. The highest BCUT2D eigenvalue weighted by atomic mass is 35.5. The molecule has 0 spiro atoms. The van der Waals surface area contributed by atoms with E-state index in [1.54, 1.807) is 43.3 Å². The molecule has 5 nitrogen and oxygen atoms in total. The van der Waals surface area contributed by atoms with Crippen LogP contribution in [0, 0.1) is 13.8 Å². The molecule has 0 aromatic heterocycles. The van der Waals surface area contributed by atoms with E-state index < -0.39 is 15.9 Å². The Bertz CT molecular complexity index is 1130. The van der Waals surface area contributed by atoms with Gasteiger partial charge in [-0.3, -0.25) is 4.79 Å². The third kappa shape index (κ3) is 4.35. The summed E-state index contributed by atoms with van der Waals surface area (Å²) in [4.78, 5) is 12.6. The molecule has 0 fully saturated rings. The number of benzene rings is 3. The monoisotopic (exact) mass is 415 g/mol. The number of amides is 1. The first kappa shape index (κ1) is 19.9. The highest BCUT2D eigenvalue weighted by molar-refractivity contribution is 7.90. The number of nitrogens with one attached hydrogen (secondary N) is 1. The number of hydrogen-bond acceptors (Lipinski definition) is 4. The van der Waals surface area contributed by atoms with E-state index in [0.717, 1.165) is 5.56 Å². The Morgan fingerprint density at radius 1 is 0.929 bits per heavy atom. The lowest BCUT2D eigenvalue weighted by Crippen LogP contribution is -2.31. The molecular formula is C21H18ClNO4S. The summed E-state index contributed by atoms with van der Waals surface area (Å²) in [6, 6.07) is 18.2. The highest BCUT2D eigenvalue weighted by Gasteiger charge is 2.23. The van der Waals surface area contributed by atoms with Crippen molar-refractivity contribution >= 4 is 27.5 Å². The van der Waals surface area contributed by atoms with Crippen molar-refractivity contribution < 1.29 is 17.9 Å². The van der Waals surface area contributed by atoms with E-state index in [9.17, 15) is 13.2 Å². The first-order valence-corrected chi connectivity index (χ1v) is 10.3. The third-order valence-electron chi connectivity index (χ3n) is 4.12. The van der Waals surface area contributed by atoms with Crippen molar-refractivity contribution in [3.8, 4) is 11.5 Å². The van der Waals surface area contributed by atoms with Gasteiger partial charge in [-0.2, -0.15) is 0 Å². The highest BCUT2D eigenvalue weighted by Crippen LogP contribution is 2.27. The summed E-state index contributed by atoms with van der Waals surface area (Å²) in [5.41, 5.74) is 1.54. The lowest BCUT2D eigenvalue weighted by atomic mass is 10.2. The second-order valence-corrected chi connectivity index (χ2v) is 8.27. The lowest BCUT2D eigenvalue weighted by molar-refractivity contribution is 0.0979. The summed E-state index contributed by atoms with van der Waals surface area (Å²) < 4.78 is 33.2. The SMILES string of the molecule is Cc1ccc(Oc2ccccc2C(=O)NS(=O)(=O)c2cccc(Cl)c2C)cc1. The van der Waals surface area contributed by atoms with E-state index in [0.29, 0.717) is 16.3 Å². The summed E-state index contributed by atoms with van der Waals surface area (Å²) in [5.74, 6) is 0.00310. The molecule has 3 aromatic rings. The molecule has 0 aliphatic rings. The number of aryl methyl sites for hydroxylation is 1. The van der Waals surface area contributed by atoms with Crippen LogP contribution in [0.3, 0.4) is 0 Å². The molecular weight excluding hydrogens is 398 g/mol.